The van der Waals surface area contributed by atoms with Crippen molar-refractivity contribution in [2.75, 3.05) is 13.7 Å². The van der Waals surface area contributed by atoms with Crippen LogP contribution in [0.15, 0.2) is 0 Å². The van der Waals surface area contributed by atoms with Crippen LogP contribution < -0.4 is 0 Å². The molecule has 0 saturated heterocycles. The Hall–Kier alpha value is -0.570. The Balaban J connectivity index is 2.11. The normalized spacial score (nSPS) is 28.2. The van der Waals surface area contributed by atoms with E-state index in [0.29, 0.717) is 5.92 Å². The third kappa shape index (κ3) is 2.19. The van der Waals surface area contributed by atoms with Crippen LogP contribution in [0.5, 0.6) is 0 Å². The van der Waals surface area contributed by atoms with Crippen LogP contribution in [0, 0.1) is 11.8 Å². The molecule has 1 N–H and O–H groups in total. The highest BCUT2D eigenvalue weighted by molar-refractivity contribution is 5.75. The summed E-state index contributed by atoms with van der Waals surface area (Å²) >= 11 is 0. The van der Waals surface area contributed by atoms with Crippen molar-refractivity contribution >= 4 is 5.97 Å². The fourth-order valence-corrected chi connectivity index (χ4v) is 1.36. The van der Waals surface area contributed by atoms with Crippen LogP contribution in [-0.4, -0.2) is 24.8 Å². The highest BCUT2D eigenvalue weighted by atomic mass is 16.5. The summed E-state index contributed by atoms with van der Waals surface area (Å²) in [5.74, 6) is 0.522. The van der Waals surface area contributed by atoms with Gasteiger partial charge in [-0.25, -0.2) is 0 Å². The minimum atomic E-state index is -0.0899. The summed E-state index contributed by atoms with van der Waals surface area (Å²) in [6.45, 7) is 0.227. The number of hydrogen-bond acceptors (Lipinski definition) is 3. The zero-order chi connectivity index (χ0) is 8.27. The SMILES string of the molecule is COC(=O)C1CC1CCCO. The van der Waals surface area contributed by atoms with Crippen LogP contribution in [-0.2, 0) is 9.53 Å². The van der Waals surface area contributed by atoms with Crippen LogP contribution in [0.25, 0.3) is 0 Å². The molecule has 0 aromatic rings. The van der Waals surface area contributed by atoms with Gasteiger partial charge in [-0.05, 0) is 25.2 Å². The van der Waals surface area contributed by atoms with E-state index in [1.165, 1.54) is 7.11 Å². The van der Waals surface area contributed by atoms with Crippen molar-refractivity contribution in [2.24, 2.45) is 11.8 Å². The summed E-state index contributed by atoms with van der Waals surface area (Å²) in [4.78, 5) is 10.9. The van der Waals surface area contributed by atoms with E-state index in [2.05, 4.69) is 4.74 Å². The molecule has 2 atom stereocenters. The zero-order valence-corrected chi connectivity index (χ0v) is 6.75. The van der Waals surface area contributed by atoms with E-state index in [1.807, 2.05) is 0 Å². The lowest BCUT2D eigenvalue weighted by Crippen LogP contribution is -2.04. The van der Waals surface area contributed by atoms with E-state index in [1.54, 1.807) is 0 Å². The Morgan fingerprint density at radius 3 is 3.00 bits per heavy atom. The molecule has 3 nitrogen and oxygen atoms in total. The maximum Gasteiger partial charge on any atom is 0.308 e. The van der Waals surface area contributed by atoms with Crippen molar-refractivity contribution in [3.63, 3.8) is 0 Å². The second kappa shape index (κ2) is 3.72. The second-order valence-corrected chi connectivity index (χ2v) is 2.99. The van der Waals surface area contributed by atoms with Gasteiger partial charge in [-0.1, -0.05) is 0 Å². The highest BCUT2D eigenvalue weighted by Crippen LogP contribution is 2.42. The number of esters is 1. The third-order valence-electron chi connectivity index (χ3n) is 2.16. The van der Waals surface area contributed by atoms with Gasteiger partial charge in [0.2, 0.25) is 0 Å². The molecule has 0 bridgehead atoms. The van der Waals surface area contributed by atoms with Gasteiger partial charge in [-0.3, -0.25) is 4.79 Å². The number of methoxy groups -OCH3 is 1. The van der Waals surface area contributed by atoms with Crippen molar-refractivity contribution in [1.29, 1.82) is 0 Å². The lowest BCUT2D eigenvalue weighted by molar-refractivity contribution is -0.142. The summed E-state index contributed by atoms with van der Waals surface area (Å²) in [6, 6.07) is 0. The standard InChI is InChI=1S/C8H14O3/c1-11-8(10)7-5-6(7)3-2-4-9/h6-7,9H,2-5H2,1H3. The minimum absolute atomic E-state index is 0.0899. The van der Waals surface area contributed by atoms with Gasteiger partial charge >= 0.3 is 5.97 Å². The van der Waals surface area contributed by atoms with E-state index >= 15 is 0 Å². The molecule has 1 fully saturated rings. The van der Waals surface area contributed by atoms with Gasteiger partial charge in [0.05, 0.1) is 13.0 Å². The number of aliphatic hydroxyl groups excluding tert-OH is 1. The first-order chi connectivity index (χ1) is 5.29. The topological polar surface area (TPSA) is 46.5 Å². The number of hydrogen-bond donors (Lipinski definition) is 1. The van der Waals surface area contributed by atoms with Crippen molar-refractivity contribution in [2.45, 2.75) is 19.3 Å². The molecule has 1 saturated carbocycles. The van der Waals surface area contributed by atoms with E-state index < -0.39 is 0 Å². The van der Waals surface area contributed by atoms with Gasteiger partial charge in [0.25, 0.3) is 0 Å². The van der Waals surface area contributed by atoms with E-state index in [9.17, 15) is 4.79 Å². The monoisotopic (exact) mass is 158 g/mol. The van der Waals surface area contributed by atoms with Gasteiger partial charge in [-0.2, -0.15) is 0 Å². The number of ether oxygens (including phenoxy) is 1. The Bertz CT molecular complexity index is 144. The third-order valence-corrected chi connectivity index (χ3v) is 2.16. The van der Waals surface area contributed by atoms with E-state index in [4.69, 9.17) is 5.11 Å². The first-order valence-electron chi connectivity index (χ1n) is 3.98. The Morgan fingerprint density at radius 1 is 1.73 bits per heavy atom. The Kier molecular flexibility index (Phi) is 2.88. The molecule has 11 heavy (non-hydrogen) atoms. The number of rotatable bonds is 4. The molecule has 2 unspecified atom stereocenters. The van der Waals surface area contributed by atoms with Gasteiger partial charge < -0.3 is 9.84 Å². The average Bonchev–Trinajstić information content (AvgIpc) is 2.78. The van der Waals surface area contributed by atoms with E-state index in [-0.39, 0.29) is 18.5 Å². The summed E-state index contributed by atoms with van der Waals surface area (Å²) in [6.07, 6.45) is 2.71. The Morgan fingerprint density at radius 2 is 2.45 bits per heavy atom. The van der Waals surface area contributed by atoms with Crippen molar-refractivity contribution in [3.8, 4) is 0 Å². The van der Waals surface area contributed by atoms with Gasteiger partial charge in [0, 0.05) is 6.61 Å². The molecule has 0 aromatic carbocycles. The smallest absolute Gasteiger partial charge is 0.308 e. The second-order valence-electron chi connectivity index (χ2n) is 2.99. The molecule has 1 aliphatic carbocycles. The van der Waals surface area contributed by atoms with Crippen LogP contribution >= 0.6 is 0 Å². The zero-order valence-electron chi connectivity index (χ0n) is 6.75. The minimum Gasteiger partial charge on any atom is -0.469 e. The molecule has 3 heteroatoms. The maximum atomic E-state index is 10.9. The molecule has 64 valence electrons. The van der Waals surface area contributed by atoms with Gasteiger partial charge in [0.1, 0.15) is 0 Å². The lowest BCUT2D eigenvalue weighted by Gasteiger charge is -1.96. The predicted octanol–water partition coefficient (Wildman–Crippen LogP) is 0.568. The Labute approximate surface area is 66.4 Å². The molecule has 1 rings (SSSR count). The largest absolute Gasteiger partial charge is 0.469 e. The highest BCUT2D eigenvalue weighted by Gasteiger charge is 2.42. The first-order valence-corrected chi connectivity index (χ1v) is 3.98. The van der Waals surface area contributed by atoms with Crippen LogP contribution in [0.3, 0.4) is 0 Å². The van der Waals surface area contributed by atoms with Crippen LogP contribution in [0.4, 0.5) is 0 Å². The van der Waals surface area contributed by atoms with Gasteiger partial charge in [0.15, 0.2) is 0 Å². The molecule has 0 radical (unpaired) electrons. The molecule has 1 aliphatic rings. The molecular weight excluding hydrogens is 144 g/mol. The molecule has 0 aromatic heterocycles. The molecule has 0 aliphatic heterocycles. The average molecular weight is 158 g/mol. The van der Waals surface area contributed by atoms with Gasteiger partial charge in [-0.15, -0.1) is 0 Å². The number of carbonyl (C=O) groups excluding carboxylic acids is 1. The molecular formula is C8H14O3. The number of aliphatic hydroxyl groups is 1. The van der Waals surface area contributed by atoms with Crippen molar-refractivity contribution < 1.29 is 14.6 Å². The summed E-state index contributed by atoms with van der Waals surface area (Å²) in [5.41, 5.74) is 0. The van der Waals surface area contributed by atoms with Crippen molar-refractivity contribution in [3.05, 3.63) is 0 Å². The number of carbonyl (C=O) groups is 1. The maximum absolute atomic E-state index is 10.9. The predicted molar refractivity (Wildman–Crippen MR) is 39.9 cm³/mol. The summed E-state index contributed by atoms with van der Waals surface area (Å²) < 4.78 is 4.58. The quantitative estimate of drug-likeness (QED) is 0.608. The summed E-state index contributed by atoms with van der Waals surface area (Å²) in [7, 11) is 1.42. The first kappa shape index (κ1) is 8.53. The lowest BCUT2D eigenvalue weighted by atomic mass is 10.2. The fourth-order valence-electron chi connectivity index (χ4n) is 1.36. The van der Waals surface area contributed by atoms with Crippen LogP contribution in [0.1, 0.15) is 19.3 Å². The van der Waals surface area contributed by atoms with Crippen LogP contribution in [0.2, 0.25) is 0 Å². The van der Waals surface area contributed by atoms with Crippen molar-refractivity contribution in [1.82, 2.24) is 0 Å². The molecule has 0 heterocycles. The molecule has 0 amide bonds. The molecule has 0 spiro atoms. The summed E-state index contributed by atoms with van der Waals surface area (Å²) in [5, 5.41) is 8.51. The fraction of sp³-hybridized carbons (Fsp3) is 0.875. The van der Waals surface area contributed by atoms with E-state index in [0.717, 1.165) is 19.3 Å².